The Morgan fingerprint density at radius 2 is 2.00 bits per heavy atom. The molecule has 0 bridgehead atoms. The highest BCUT2D eigenvalue weighted by atomic mass is 35.5. The van der Waals surface area contributed by atoms with Gasteiger partial charge in [0, 0.05) is 31.7 Å². The third-order valence-corrected chi connectivity index (χ3v) is 5.84. The third kappa shape index (κ3) is 4.93. The maximum Gasteiger partial charge on any atom is 0.251 e. The number of hydrogen-bond donors (Lipinski definition) is 2. The summed E-state index contributed by atoms with van der Waals surface area (Å²) >= 11 is 1.70. The number of nitrogens with one attached hydrogen (secondary N) is 2. The van der Waals surface area contributed by atoms with E-state index in [1.54, 1.807) is 17.8 Å². The van der Waals surface area contributed by atoms with Crippen LogP contribution in [0.25, 0.3) is 0 Å². The molecule has 2 heterocycles. The van der Waals surface area contributed by atoms with E-state index in [1.165, 1.54) is 0 Å². The fraction of sp³-hybridized carbons (Fsp3) is 0.579. The van der Waals surface area contributed by atoms with Gasteiger partial charge in [-0.1, -0.05) is 17.7 Å². The molecule has 2 amide bonds. The summed E-state index contributed by atoms with van der Waals surface area (Å²) in [5.74, 6) is 1.90. The van der Waals surface area contributed by atoms with Gasteiger partial charge < -0.3 is 15.5 Å². The van der Waals surface area contributed by atoms with Crippen molar-refractivity contribution in [3.63, 3.8) is 0 Å². The van der Waals surface area contributed by atoms with Gasteiger partial charge in [0.2, 0.25) is 5.91 Å². The molecule has 1 aromatic rings. The van der Waals surface area contributed by atoms with E-state index in [0.29, 0.717) is 23.8 Å². The molecule has 0 aromatic heterocycles. The number of amides is 2. The van der Waals surface area contributed by atoms with Gasteiger partial charge in [-0.25, -0.2) is 0 Å². The molecule has 2 aliphatic heterocycles. The van der Waals surface area contributed by atoms with Gasteiger partial charge in [0.05, 0.1) is 0 Å². The van der Waals surface area contributed by atoms with Crippen molar-refractivity contribution in [3.05, 3.63) is 35.4 Å². The molecule has 0 spiro atoms. The predicted octanol–water partition coefficient (Wildman–Crippen LogP) is 1.95. The van der Waals surface area contributed by atoms with Crippen molar-refractivity contribution in [2.75, 3.05) is 38.2 Å². The topological polar surface area (TPSA) is 61.4 Å². The van der Waals surface area contributed by atoms with Crippen LogP contribution in [-0.4, -0.2) is 60.9 Å². The van der Waals surface area contributed by atoms with Gasteiger partial charge in [0.1, 0.15) is 6.04 Å². The molecule has 2 aliphatic rings. The number of likely N-dealkylation sites (tertiary alicyclic amines) is 1. The van der Waals surface area contributed by atoms with E-state index in [1.807, 2.05) is 36.3 Å². The van der Waals surface area contributed by atoms with E-state index in [4.69, 9.17) is 0 Å². The molecule has 144 valence electrons. The number of nitrogens with zero attached hydrogens (tertiary/aromatic N) is 1. The molecule has 5 nitrogen and oxygen atoms in total. The number of halogens is 1. The molecular formula is C19H28ClN3O2S. The van der Waals surface area contributed by atoms with Gasteiger partial charge in [-0.3, -0.25) is 9.59 Å². The Balaban J connectivity index is 0.00000243. The second-order valence-electron chi connectivity index (χ2n) is 7.10. The fourth-order valence-electron chi connectivity index (χ4n) is 3.78. The first-order valence-corrected chi connectivity index (χ1v) is 10.3. The van der Waals surface area contributed by atoms with Crippen molar-refractivity contribution in [3.8, 4) is 0 Å². The maximum atomic E-state index is 13.0. The van der Waals surface area contributed by atoms with Crippen molar-refractivity contribution in [1.29, 1.82) is 0 Å². The van der Waals surface area contributed by atoms with Gasteiger partial charge in [0.25, 0.3) is 5.91 Å². The number of carbonyl (C=O) groups is 2. The van der Waals surface area contributed by atoms with Crippen LogP contribution in [0.15, 0.2) is 24.3 Å². The quantitative estimate of drug-likeness (QED) is 0.770. The number of rotatable bonds is 6. The van der Waals surface area contributed by atoms with E-state index < -0.39 is 6.04 Å². The molecule has 7 heteroatoms. The van der Waals surface area contributed by atoms with Crippen LogP contribution in [0.3, 0.4) is 0 Å². The number of carbonyl (C=O) groups excluding carboxylic acids is 2. The first-order chi connectivity index (χ1) is 12.1. The molecule has 3 atom stereocenters. The van der Waals surface area contributed by atoms with Gasteiger partial charge in [-0.15, -0.1) is 12.4 Å². The van der Waals surface area contributed by atoms with Crippen LogP contribution >= 0.6 is 24.2 Å². The van der Waals surface area contributed by atoms with Crippen LogP contribution < -0.4 is 10.6 Å². The smallest absolute Gasteiger partial charge is 0.251 e. The number of benzene rings is 1. The molecule has 26 heavy (non-hydrogen) atoms. The predicted molar refractivity (Wildman–Crippen MR) is 109 cm³/mol. The summed E-state index contributed by atoms with van der Waals surface area (Å²) in [6.07, 6.45) is 2.69. The average molecular weight is 398 g/mol. The van der Waals surface area contributed by atoms with Crippen LogP contribution in [-0.2, 0) is 4.79 Å². The zero-order valence-corrected chi connectivity index (χ0v) is 17.0. The third-order valence-electron chi connectivity index (χ3n) is 5.20. The van der Waals surface area contributed by atoms with Crippen molar-refractivity contribution in [1.82, 2.24) is 15.5 Å². The minimum atomic E-state index is -0.438. The lowest BCUT2D eigenvalue weighted by Gasteiger charge is -2.25. The normalized spacial score (nSPS) is 22.5. The zero-order chi connectivity index (χ0) is 17.8. The highest BCUT2D eigenvalue weighted by molar-refractivity contribution is 7.98. The van der Waals surface area contributed by atoms with E-state index >= 15 is 0 Å². The Kier molecular flexibility index (Phi) is 7.80. The summed E-state index contributed by atoms with van der Waals surface area (Å²) in [4.78, 5) is 27.5. The minimum absolute atomic E-state index is 0. The molecule has 1 unspecified atom stereocenters. The van der Waals surface area contributed by atoms with Crippen LogP contribution in [0.1, 0.15) is 22.3 Å². The van der Waals surface area contributed by atoms with E-state index in [-0.39, 0.29) is 24.2 Å². The summed E-state index contributed by atoms with van der Waals surface area (Å²) in [5, 5.41) is 6.37. The Morgan fingerprint density at radius 1 is 1.31 bits per heavy atom. The van der Waals surface area contributed by atoms with Crippen molar-refractivity contribution in [2.24, 2.45) is 11.8 Å². The highest BCUT2D eigenvalue weighted by Gasteiger charge is 2.39. The Hall–Kier alpha value is -1.24. The molecule has 0 aliphatic carbocycles. The second-order valence-corrected chi connectivity index (χ2v) is 8.08. The molecule has 0 saturated carbocycles. The van der Waals surface area contributed by atoms with Crippen molar-refractivity contribution < 1.29 is 9.59 Å². The van der Waals surface area contributed by atoms with Crippen LogP contribution in [0, 0.1) is 18.8 Å². The Bertz CT molecular complexity index is 631. The standard InChI is InChI=1S/C19H27N3O2S.ClH/c1-13-4-3-5-14(8-13)18(23)21-17(6-7-25-2)19(24)22-11-15-9-20-10-16(15)12-22;/h3-5,8,15-17,20H,6-7,9-12H2,1-2H3,(H,21,23);1H/t15-,16+,17?;. The molecule has 3 rings (SSSR count). The SMILES string of the molecule is CSCCC(NC(=O)c1cccc(C)c1)C(=O)N1C[C@H]2CNC[C@H]2C1.Cl. The first-order valence-electron chi connectivity index (χ1n) is 8.94. The summed E-state index contributed by atoms with van der Waals surface area (Å²) in [7, 11) is 0. The monoisotopic (exact) mass is 397 g/mol. The summed E-state index contributed by atoms with van der Waals surface area (Å²) in [6, 6.07) is 7.05. The fourth-order valence-corrected chi connectivity index (χ4v) is 4.25. The van der Waals surface area contributed by atoms with Gasteiger partial charge in [0.15, 0.2) is 0 Å². The molecule has 1 aromatic carbocycles. The average Bonchev–Trinajstić information content (AvgIpc) is 3.19. The molecule has 0 radical (unpaired) electrons. The number of hydrogen-bond acceptors (Lipinski definition) is 4. The lowest BCUT2D eigenvalue weighted by Crippen LogP contribution is -2.48. The summed E-state index contributed by atoms with van der Waals surface area (Å²) in [6.45, 7) is 5.59. The largest absolute Gasteiger partial charge is 0.340 e. The lowest BCUT2D eigenvalue weighted by atomic mass is 10.0. The summed E-state index contributed by atoms with van der Waals surface area (Å²) < 4.78 is 0. The van der Waals surface area contributed by atoms with Crippen LogP contribution in [0.5, 0.6) is 0 Å². The maximum absolute atomic E-state index is 13.0. The number of thioether (sulfide) groups is 1. The zero-order valence-electron chi connectivity index (χ0n) is 15.4. The Labute approximate surface area is 166 Å². The number of aryl methyl sites for hydroxylation is 1. The lowest BCUT2D eigenvalue weighted by molar-refractivity contribution is -0.132. The molecule has 2 fully saturated rings. The molecular weight excluding hydrogens is 370 g/mol. The van der Waals surface area contributed by atoms with E-state index in [2.05, 4.69) is 10.6 Å². The van der Waals surface area contributed by atoms with E-state index in [0.717, 1.165) is 37.5 Å². The van der Waals surface area contributed by atoms with Gasteiger partial charge >= 0.3 is 0 Å². The van der Waals surface area contributed by atoms with Gasteiger partial charge in [-0.2, -0.15) is 11.8 Å². The Morgan fingerprint density at radius 3 is 2.62 bits per heavy atom. The minimum Gasteiger partial charge on any atom is -0.340 e. The highest BCUT2D eigenvalue weighted by Crippen LogP contribution is 2.27. The molecule has 2 saturated heterocycles. The number of fused-ring (bicyclic) bond motifs is 1. The van der Waals surface area contributed by atoms with Crippen LogP contribution in [0.4, 0.5) is 0 Å². The second kappa shape index (κ2) is 9.62. The first kappa shape index (κ1) is 21.1. The molecule has 2 N–H and O–H groups in total. The van der Waals surface area contributed by atoms with Gasteiger partial charge in [-0.05, 0) is 49.3 Å². The van der Waals surface area contributed by atoms with Crippen LogP contribution in [0.2, 0.25) is 0 Å². The summed E-state index contributed by atoms with van der Waals surface area (Å²) in [5.41, 5.74) is 1.66. The van der Waals surface area contributed by atoms with Crippen molar-refractivity contribution in [2.45, 2.75) is 19.4 Å². The van der Waals surface area contributed by atoms with Crippen molar-refractivity contribution >= 4 is 36.0 Å². The van der Waals surface area contributed by atoms with E-state index in [9.17, 15) is 9.59 Å².